The van der Waals surface area contributed by atoms with Crippen LogP contribution in [0.15, 0.2) is 23.1 Å². The number of halogens is 1. The number of methoxy groups -OCH3 is 1. The molecule has 0 aromatic heterocycles. The van der Waals surface area contributed by atoms with Gasteiger partial charge in [0.05, 0.1) is 11.5 Å². The molecule has 7 heteroatoms. The molecule has 0 radical (unpaired) electrons. The Hall–Kier alpha value is -1.02. The Morgan fingerprint density at radius 3 is 2.83 bits per heavy atom. The molecule has 0 aliphatic carbocycles. The molecule has 1 unspecified atom stereocenters. The number of benzene rings is 1. The summed E-state index contributed by atoms with van der Waals surface area (Å²) in [5.74, 6) is -0.110. The molecule has 5 nitrogen and oxygen atoms in total. The van der Waals surface area contributed by atoms with E-state index in [0.717, 1.165) is 26.1 Å². The van der Waals surface area contributed by atoms with Gasteiger partial charge in [0.25, 0.3) is 0 Å². The van der Waals surface area contributed by atoms with Gasteiger partial charge in [-0.1, -0.05) is 0 Å². The quantitative estimate of drug-likeness (QED) is 0.756. The highest BCUT2D eigenvalue weighted by Crippen LogP contribution is 2.23. The van der Waals surface area contributed by atoms with Crippen LogP contribution in [0.1, 0.15) is 12.0 Å². The molecule has 1 aliphatic rings. The third-order valence-corrected chi connectivity index (χ3v) is 6.31. The van der Waals surface area contributed by atoms with E-state index in [1.165, 1.54) is 22.5 Å². The number of hydrogen-bond donors (Lipinski definition) is 0. The Morgan fingerprint density at radius 2 is 2.17 bits per heavy atom. The van der Waals surface area contributed by atoms with E-state index in [2.05, 4.69) is 4.90 Å². The molecule has 23 heavy (non-hydrogen) atoms. The predicted molar refractivity (Wildman–Crippen MR) is 87.4 cm³/mol. The first kappa shape index (κ1) is 18.3. The van der Waals surface area contributed by atoms with Crippen LogP contribution in [0.4, 0.5) is 4.39 Å². The minimum absolute atomic E-state index is 0.177. The number of nitrogens with zero attached hydrogens (tertiary/aromatic N) is 2. The van der Waals surface area contributed by atoms with Gasteiger partial charge in [-0.2, -0.15) is 0 Å². The van der Waals surface area contributed by atoms with Gasteiger partial charge in [0.1, 0.15) is 5.82 Å². The summed E-state index contributed by atoms with van der Waals surface area (Å²) in [7, 11) is -0.312. The van der Waals surface area contributed by atoms with Gasteiger partial charge >= 0.3 is 0 Å². The molecule has 0 spiro atoms. The molecule has 0 saturated carbocycles. The summed E-state index contributed by atoms with van der Waals surface area (Å²) >= 11 is 0. The fraction of sp³-hybridized carbons (Fsp3) is 0.625. The molecular formula is C16H25FN2O3S. The van der Waals surface area contributed by atoms with E-state index in [1.54, 1.807) is 21.1 Å². The van der Waals surface area contributed by atoms with Crippen molar-refractivity contribution in [1.82, 2.24) is 9.21 Å². The molecule has 0 bridgehead atoms. The number of aryl methyl sites for hydroxylation is 1. The van der Waals surface area contributed by atoms with Gasteiger partial charge in [0, 0.05) is 33.8 Å². The van der Waals surface area contributed by atoms with Crippen molar-refractivity contribution in [2.75, 3.05) is 46.9 Å². The van der Waals surface area contributed by atoms with Gasteiger partial charge in [0.2, 0.25) is 10.0 Å². The van der Waals surface area contributed by atoms with Crippen LogP contribution in [-0.2, 0) is 14.8 Å². The molecule has 2 rings (SSSR count). The lowest BCUT2D eigenvalue weighted by atomic mass is 10.1. The number of sulfonamides is 1. The normalized spacial score (nSPS) is 19.6. The molecule has 1 fully saturated rings. The molecule has 1 atom stereocenters. The first-order valence-electron chi connectivity index (χ1n) is 7.78. The van der Waals surface area contributed by atoms with Crippen LogP contribution in [0.5, 0.6) is 0 Å². The molecular weight excluding hydrogens is 319 g/mol. The Morgan fingerprint density at radius 1 is 1.43 bits per heavy atom. The topological polar surface area (TPSA) is 49.9 Å². The summed E-state index contributed by atoms with van der Waals surface area (Å²) < 4.78 is 45.0. The van der Waals surface area contributed by atoms with Crippen molar-refractivity contribution in [3.63, 3.8) is 0 Å². The standard InChI is InChI=1S/C16H25FN2O3S/c1-13-10-15(17)4-5-16(13)23(20,21)18(2)11-14-6-7-19(12-14)8-9-22-3/h4-5,10,14H,6-9,11-12H2,1-3H3. The molecule has 1 heterocycles. The summed E-state index contributed by atoms with van der Waals surface area (Å²) in [4.78, 5) is 2.47. The monoisotopic (exact) mass is 344 g/mol. The van der Waals surface area contributed by atoms with Crippen LogP contribution < -0.4 is 0 Å². The Labute approximate surface area is 138 Å². The van der Waals surface area contributed by atoms with Gasteiger partial charge in [-0.05, 0) is 49.6 Å². The SMILES string of the molecule is COCCN1CCC(CN(C)S(=O)(=O)c2ccc(F)cc2C)C1. The second-order valence-electron chi connectivity index (χ2n) is 6.14. The van der Waals surface area contributed by atoms with E-state index in [9.17, 15) is 12.8 Å². The number of likely N-dealkylation sites (tertiary alicyclic amines) is 1. The first-order chi connectivity index (χ1) is 10.8. The Balaban J connectivity index is 2.01. The minimum Gasteiger partial charge on any atom is -0.383 e. The molecule has 0 amide bonds. The fourth-order valence-corrected chi connectivity index (χ4v) is 4.47. The molecule has 1 saturated heterocycles. The molecule has 1 aromatic carbocycles. The smallest absolute Gasteiger partial charge is 0.243 e. The zero-order valence-electron chi connectivity index (χ0n) is 14.0. The minimum atomic E-state index is -3.58. The van der Waals surface area contributed by atoms with Crippen molar-refractivity contribution in [3.8, 4) is 0 Å². The van der Waals surface area contributed by atoms with Crippen LogP contribution in [0, 0.1) is 18.7 Å². The largest absolute Gasteiger partial charge is 0.383 e. The summed E-state index contributed by atoms with van der Waals surface area (Å²) in [5.41, 5.74) is 0.435. The van der Waals surface area contributed by atoms with Gasteiger partial charge < -0.3 is 9.64 Å². The van der Waals surface area contributed by atoms with Crippen molar-refractivity contribution >= 4 is 10.0 Å². The Bertz CT molecular complexity index is 636. The summed E-state index contributed by atoms with van der Waals surface area (Å²) in [6.45, 7) is 5.51. The summed E-state index contributed by atoms with van der Waals surface area (Å²) in [6, 6.07) is 3.79. The summed E-state index contributed by atoms with van der Waals surface area (Å²) in [6.07, 6.45) is 0.978. The van der Waals surface area contributed by atoms with E-state index in [1.807, 2.05) is 0 Å². The molecule has 0 N–H and O–H groups in total. The van der Waals surface area contributed by atoms with E-state index < -0.39 is 15.8 Å². The molecule has 1 aliphatic heterocycles. The second kappa shape index (κ2) is 7.70. The summed E-state index contributed by atoms with van der Waals surface area (Å²) in [5, 5.41) is 0. The van der Waals surface area contributed by atoms with Gasteiger partial charge in [-0.15, -0.1) is 0 Å². The lowest BCUT2D eigenvalue weighted by molar-refractivity contribution is 0.158. The van der Waals surface area contributed by atoms with Crippen LogP contribution in [-0.4, -0.2) is 64.6 Å². The Kier molecular flexibility index (Phi) is 6.13. The number of rotatable bonds is 7. The fourth-order valence-electron chi connectivity index (χ4n) is 3.02. The second-order valence-corrected chi connectivity index (χ2v) is 8.16. The van der Waals surface area contributed by atoms with Crippen LogP contribution in [0.2, 0.25) is 0 Å². The maximum Gasteiger partial charge on any atom is 0.243 e. The highest BCUT2D eigenvalue weighted by molar-refractivity contribution is 7.89. The third-order valence-electron chi connectivity index (χ3n) is 4.32. The van der Waals surface area contributed by atoms with Crippen molar-refractivity contribution in [2.45, 2.75) is 18.2 Å². The lowest BCUT2D eigenvalue weighted by Crippen LogP contribution is -2.34. The maximum atomic E-state index is 13.2. The van der Waals surface area contributed by atoms with Gasteiger partial charge in [-0.3, -0.25) is 0 Å². The van der Waals surface area contributed by atoms with Crippen molar-refractivity contribution in [1.29, 1.82) is 0 Å². The van der Waals surface area contributed by atoms with Gasteiger partial charge in [-0.25, -0.2) is 17.1 Å². The van der Waals surface area contributed by atoms with Crippen molar-refractivity contribution < 1.29 is 17.5 Å². The highest BCUT2D eigenvalue weighted by atomic mass is 32.2. The van der Waals surface area contributed by atoms with Crippen molar-refractivity contribution in [3.05, 3.63) is 29.6 Å². The molecule has 1 aromatic rings. The number of hydrogen-bond acceptors (Lipinski definition) is 4. The average Bonchev–Trinajstić information content (AvgIpc) is 2.92. The zero-order chi connectivity index (χ0) is 17.0. The third kappa shape index (κ3) is 4.50. The van der Waals surface area contributed by atoms with Crippen LogP contribution in [0.25, 0.3) is 0 Å². The first-order valence-corrected chi connectivity index (χ1v) is 9.22. The van der Waals surface area contributed by atoms with E-state index in [4.69, 9.17) is 4.74 Å². The van der Waals surface area contributed by atoms with Crippen LogP contribution >= 0.6 is 0 Å². The van der Waals surface area contributed by atoms with Crippen molar-refractivity contribution in [2.24, 2.45) is 5.92 Å². The average molecular weight is 344 g/mol. The van der Waals surface area contributed by atoms with Gasteiger partial charge in [0.15, 0.2) is 0 Å². The molecule has 130 valence electrons. The van der Waals surface area contributed by atoms with E-state index >= 15 is 0 Å². The number of ether oxygens (including phenoxy) is 1. The maximum absolute atomic E-state index is 13.2. The van der Waals surface area contributed by atoms with Crippen LogP contribution in [0.3, 0.4) is 0 Å². The predicted octanol–water partition coefficient (Wildman–Crippen LogP) is 1.72. The van der Waals surface area contributed by atoms with E-state index in [-0.39, 0.29) is 4.90 Å². The highest BCUT2D eigenvalue weighted by Gasteiger charge is 2.29. The lowest BCUT2D eigenvalue weighted by Gasteiger charge is -2.22. The van der Waals surface area contributed by atoms with E-state index in [0.29, 0.717) is 24.6 Å². The zero-order valence-corrected chi connectivity index (χ0v) is 14.8.